The van der Waals surface area contributed by atoms with E-state index in [1.165, 1.54) is 5.57 Å². The third-order valence-corrected chi connectivity index (χ3v) is 5.93. The Kier molecular flexibility index (Phi) is 3.78. The van der Waals surface area contributed by atoms with E-state index in [0.717, 1.165) is 32.1 Å². The average molecular weight is 266 g/mol. The summed E-state index contributed by atoms with van der Waals surface area (Å²) in [6.45, 7) is 6.52. The summed E-state index contributed by atoms with van der Waals surface area (Å²) in [6, 6.07) is 0. The average Bonchev–Trinajstić information content (AvgIpc) is 2.35. The summed E-state index contributed by atoms with van der Waals surface area (Å²) in [5.74, 6) is -0.00574. The minimum atomic E-state index is -0.663. The highest BCUT2D eigenvalue weighted by molar-refractivity contribution is 5.75. The Labute approximate surface area is 115 Å². The van der Waals surface area contributed by atoms with Gasteiger partial charge in [-0.2, -0.15) is 0 Å². The fourth-order valence-electron chi connectivity index (χ4n) is 4.19. The molecule has 108 valence electrons. The van der Waals surface area contributed by atoms with Crippen LogP contribution < -0.4 is 0 Å². The van der Waals surface area contributed by atoms with Crippen LogP contribution in [0.4, 0.5) is 0 Å². The van der Waals surface area contributed by atoms with E-state index < -0.39 is 11.4 Å². The predicted molar refractivity (Wildman–Crippen MR) is 74.8 cm³/mol. The number of fused-ring (bicyclic) bond motifs is 1. The minimum Gasteiger partial charge on any atom is -0.481 e. The topological polar surface area (TPSA) is 57.5 Å². The molecule has 0 aromatic heterocycles. The first-order chi connectivity index (χ1) is 8.86. The molecule has 19 heavy (non-hydrogen) atoms. The van der Waals surface area contributed by atoms with Crippen LogP contribution in [0.1, 0.15) is 52.9 Å². The Morgan fingerprint density at radius 1 is 1.42 bits per heavy atom. The highest BCUT2D eigenvalue weighted by Gasteiger charge is 2.52. The lowest BCUT2D eigenvalue weighted by Crippen LogP contribution is -2.47. The molecular formula is C16H26O3. The number of carboxylic acid groups (broad SMARTS) is 1. The van der Waals surface area contributed by atoms with E-state index in [0.29, 0.717) is 5.92 Å². The Bertz CT molecular complexity index is 401. The van der Waals surface area contributed by atoms with E-state index in [1.54, 1.807) is 0 Å². The normalized spacial score (nSPS) is 42.4. The largest absolute Gasteiger partial charge is 0.481 e. The van der Waals surface area contributed by atoms with Crippen LogP contribution in [-0.2, 0) is 4.79 Å². The van der Waals surface area contributed by atoms with Gasteiger partial charge in [0.1, 0.15) is 0 Å². The molecule has 0 amide bonds. The van der Waals surface area contributed by atoms with Gasteiger partial charge in [-0.25, -0.2) is 0 Å². The zero-order valence-electron chi connectivity index (χ0n) is 12.3. The van der Waals surface area contributed by atoms with Crippen LogP contribution in [0, 0.1) is 22.7 Å². The smallest absolute Gasteiger partial charge is 0.309 e. The Morgan fingerprint density at radius 3 is 2.68 bits per heavy atom. The van der Waals surface area contributed by atoms with Gasteiger partial charge in [-0.1, -0.05) is 25.5 Å². The number of carboxylic acids is 1. The molecule has 0 bridgehead atoms. The van der Waals surface area contributed by atoms with Crippen LogP contribution in [-0.4, -0.2) is 22.8 Å². The summed E-state index contributed by atoms with van der Waals surface area (Å²) >= 11 is 0. The first-order valence-electron chi connectivity index (χ1n) is 7.41. The molecule has 0 heterocycles. The molecule has 3 heteroatoms. The summed E-state index contributed by atoms with van der Waals surface area (Å²) in [6.07, 6.45) is 6.62. The predicted octanol–water partition coefficient (Wildman–Crippen LogP) is 3.23. The van der Waals surface area contributed by atoms with Gasteiger partial charge in [0.15, 0.2) is 0 Å². The summed E-state index contributed by atoms with van der Waals surface area (Å²) < 4.78 is 0. The van der Waals surface area contributed by atoms with Crippen LogP contribution in [0.5, 0.6) is 0 Å². The van der Waals surface area contributed by atoms with Crippen LogP contribution in [0.25, 0.3) is 0 Å². The van der Waals surface area contributed by atoms with Crippen molar-refractivity contribution >= 4 is 5.97 Å². The fourth-order valence-corrected chi connectivity index (χ4v) is 4.19. The maximum absolute atomic E-state index is 11.7. The molecule has 4 unspecified atom stereocenters. The van der Waals surface area contributed by atoms with E-state index in [2.05, 4.69) is 19.9 Å². The molecular weight excluding hydrogens is 240 g/mol. The van der Waals surface area contributed by atoms with Crippen molar-refractivity contribution in [3.63, 3.8) is 0 Å². The second-order valence-corrected chi connectivity index (χ2v) is 6.84. The first-order valence-corrected chi connectivity index (χ1v) is 7.41. The zero-order chi connectivity index (χ0) is 14.3. The number of aliphatic hydroxyl groups is 1. The Balaban J connectivity index is 2.41. The maximum atomic E-state index is 11.7. The number of aliphatic hydroxyl groups excluding tert-OH is 1. The SMILES string of the molecule is CC1CCC2C(=CCCC2(C)C(=O)O)C1(C)CCO. The number of carbonyl (C=O) groups is 1. The third-order valence-electron chi connectivity index (χ3n) is 5.93. The molecule has 2 N–H and O–H groups in total. The van der Waals surface area contributed by atoms with Gasteiger partial charge in [0.05, 0.1) is 5.41 Å². The fraction of sp³-hybridized carbons (Fsp3) is 0.812. The molecule has 0 spiro atoms. The van der Waals surface area contributed by atoms with Crippen LogP contribution in [0.3, 0.4) is 0 Å². The standard InChI is InChI=1S/C16H26O3/c1-11-6-7-13-12(15(11,2)9-10-17)5-4-8-16(13,3)14(18)19/h5,11,13,17H,4,6-10H2,1-3H3,(H,18,19). The van der Waals surface area contributed by atoms with Crippen molar-refractivity contribution in [2.24, 2.45) is 22.7 Å². The molecule has 0 saturated heterocycles. The van der Waals surface area contributed by atoms with Gasteiger partial charge in [0.2, 0.25) is 0 Å². The van der Waals surface area contributed by atoms with Gasteiger partial charge < -0.3 is 10.2 Å². The van der Waals surface area contributed by atoms with Crippen molar-refractivity contribution in [3.8, 4) is 0 Å². The summed E-state index contributed by atoms with van der Waals surface area (Å²) in [5.41, 5.74) is 0.645. The summed E-state index contributed by atoms with van der Waals surface area (Å²) in [5, 5.41) is 19.0. The number of rotatable bonds is 3. The summed E-state index contributed by atoms with van der Waals surface area (Å²) in [7, 11) is 0. The lowest BCUT2D eigenvalue weighted by Gasteiger charge is -2.52. The highest BCUT2D eigenvalue weighted by atomic mass is 16.4. The second-order valence-electron chi connectivity index (χ2n) is 6.84. The lowest BCUT2D eigenvalue weighted by molar-refractivity contribution is -0.152. The molecule has 3 nitrogen and oxygen atoms in total. The van der Waals surface area contributed by atoms with Gasteiger partial charge in [-0.05, 0) is 56.3 Å². The van der Waals surface area contributed by atoms with Crippen LogP contribution >= 0.6 is 0 Å². The number of hydrogen-bond acceptors (Lipinski definition) is 2. The van der Waals surface area contributed by atoms with Crippen molar-refractivity contribution < 1.29 is 15.0 Å². The maximum Gasteiger partial charge on any atom is 0.309 e. The van der Waals surface area contributed by atoms with E-state index >= 15 is 0 Å². The number of allylic oxidation sites excluding steroid dienone is 2. The molecule has 0 aromatic carbocycles. The molecule has 2 aliphatic carbocycles. The quantitative estimate of drug-likeness (QED) is 0.771. The van der Waals surface area contributed by atoms with Crippen molar-refractivity contribution in [1.82, 2.24) is 0 Å². The van der Waals surface area contributed by atoms with Gasteiger partial charge in [-0.3, -0.25) is 4.79 Å². The Hall–Kier alpha value is -0.830. The lowest BCUT2D eigenvalue weighted by atomic mass is 9.52. The third kappa shape index (κ3) is 2.12. The van der Waals surface area contributed by atoms with Gasteiger partial charge in [0, 0.05) is 6.61 Å². The zero-order valence-corrected chi connectivity index (χ0v) is 12.3. The Morgan fingerprint density at radius 2 is 2.11 bits per heavy atom. The van der Waals surface area contributed by atoms with E-state index in [1.807, 2.05) is 6.92 Å². The molecule has 0 aromatic rings. The highest BCUT2D eigenvalue weighted by Crippen LogP contribution is 2.57. The minimum absolute atomic E-state index is 0.0329. The molecule has 1 fully saturated rings. The second kappa shape index (κ2) is 4.93. The van der Waals surface area contributed by atoms with Gasteiger partial charge >= 0.3 is 5.97 Å². The molecule has 2 aliphatic rings. The van der Waals surface area contributed by atoms with Crippen molar-refractivity contribution in [2.75, 3.05) is 6.61 Å². The monoisotopic (exact) mass is 266 g/mol. The van der Waals surface area contributed by atoms with E-state index in [9.17, 15) is 15.0 Å². The van der Waals surface area contributed by atoms with Gasteiger partial charge in [0.25, 0.3) is 0 Å². The number of aliphatic carboxylic acids is 1. The summed E-state index contributed by atoms with van der Waals surface area (Å²) in [4.78, 5) is 11.7. The van der Waals surface area contributed by atoms with E-state index in [-0.39, 0.29) is 17.9 Å². The molecule has 2 rings (SSSR count). The van der Waals surface area contributed by atoms with Crippen LogP contribution in [0.15, 0.2) is 11.6 Å². The first kappa shape index (κ1) is 14.6. The number of hydrogen-bond donors (Lipinski definition) is 2. The molecule has 1 saturated carbocycles. The van der Waals surface area contributed by atoms with Crippen molar-refractivity contribution in [3.05, 3.63) is 11.6 Å². The molecule has 4 atom stereocenters. The van der Waals surface area contributed by atoms with Crippen molar-refractivity contribution in [2.45, 2.75) is 52.9 Å². The van der Waals surface area contributed by atoms with Crippen LogP contribution in [0.2, 0.25) is 0 Å². The van der Waals surface area contributed by atoms with Gasteiger partial charge in [-0.15, -0.1) is 0 Å². The van der Waals surface area contributed by atoms with E-state index in [4.69, 9.17) is 0 Å². The van der Waals surface area contributed by atoms with Crippen molar-refractivity contribution in [1.29, 1.82) is 0 Å². The molecule has 0 radical (unpaired) electrons. The molecule has 0 aliphatic heterocycles.